The van der Waals surface area contributed by atoms with E-state index in [-0.39, 0.29) is 6.10 Å². The van der Waals surface area contributed by atoms with Crippen molar-refractivity contribution in [3.05, 3.63) is 34.4 Å². The molecule has 1 heteroatoms. The third kappa shape index (κ3) is 1.46. The monoisotopic (exact) mass is 190 g/mol. The number of aliphatic hydroxyl groups is 1. The number of fused-ring (bicyclic) bond motifs is 1. The summed E-state index contributed by atoms with van der Waals surface area (Å²) in [6.45, 7) is 6.55. The molecule has 1 atom stereocenters. The zero-order valence-corrected chi connectivity index (χ0v) is 9.17. The van der Waals surface area contributed by atoms with Crippen LogP contribution in [0.3, 0.4) is 0 Å². The molecule has 0 radical (unpaired) electrons. The first-order valence-corrected chi connectivity index (χ1v) is 5.41. The lowest BCUT2D eigenvalue weighted by Gasteiger charge is -2.14. The SMILES string of the molecule is Cc1cc(C(C)C)c2c(c1)C(O)CC2. The summed E-state index contributed by atoms with van der Waals surface area (Å²) >= 11 is 0. The molecule has 2 rings (SSSR count). The molecule has 0 aliphatic heterocycles. The summed E-state index contributed by atoms with van der Waals surface area (Å²) < 4.78 is 0. The van der Waals surface area contributed by atoms with Gasteiger partial charge in [-0.05, 0) is 42.4 Å². The van der Waals surface area contributed by atoms with Crippen LogP contribution in [-0.2, 0) is 6.42 Å². The number of rotatable bonds is 1. The lowest BCUT2D eigenvalue weighted by Crippen LogP contribution is -1.98. The van der Waals surface area contributed by atoms with Gasteiger partial charge in [0.05, 0.1) is 6.10 Å². The Hall–Kier alpha value is -0.820. The maximum Gasteiger partial charge on any atom is 0.0796 e. The van der Waals surface area contributed by atoms with Crippen molar-refractivity contribution < 1.29 is 5.11 Å². The molecule has 0 saturated carbocycles. The summed E-state index contributed by atoms with van der Waals surface area (Å²) in [4.78, 5) is 0. The van der Waals surface area contributed by atoms with Crippen molar-refractivity contribution in [3.63, 3.8) is 0 Å². The largest absolute Gasteiger partial charge is 0.388 e. The van der Waals surface area contributed by atoms with Gasteiger partial charge in [0.2, 0.25) is 0 Å². The van der Waals surface area contributed by atoms with Crippen molar-refractivity contribution in [1.29, 1.82) is 0 Å². The Morgan fingerprint density at radius 1 is 1.36 bits per heavy atom. The van der Waals surface area contributed by atoms with Gasteiger partial charge < -0.3 is 5.11 Å². The van der Waals surface area contributed by atoms with E-state index in [9.17, 15) is 5.11 Å². The quantitative estimate of drug-likeness (QED) is 0.721. The highest BCUT2D eigenvalue weighted by molar-refractivity contribution is 5.44. The van der Waals surface area contributed by atoms with Crippen LogP contribution in [0.15, 0.2) is 12.1 Å². The standard InChI is InChI=1S/C13H18O/c1-8(2)11-6-9(3)7-12-10(11)4-5-13(12)14/h6-8,13-14H,4-5H2,1-3H3. The van der Waals surface area contributed by atoms with Gasteiger partial charge in [-0.3, -0.25) is 0 Å². The van der Waals surface area contributed by atoms with E-state index in [0.29, 0.717) is 5.92 Å². The second-order valence-electron chi connectivity index (χ2n) is 4.63. The first kappa shape index (κ1) is 9.72. The zero-order valence-electron chi connectivity index (χ0n) is 9.17. The van der Waals surface area contributed by atoms with Gasteiger partial charge in [-0.2, -0.15) is 0 Å². The molecule has 1 aromatic rings. The summed E-state index contributed by atoms with van der Waals surface area (Å²) in [5.41, 5.74) is 5.27. The molecule has 14 heavy (non-hydrogen) atoms. The Kier molecular flexibility index (Phi) is 2.36. The van der Waals surface area contributed by atoms with E-state index < -0.39 is 0 Å². The van der Waals surface area contributed by atoms with Gasteiger partial charge >= 0.3 is 0 Å². The van der Waals surface area contributed by atoms with Crippen molar-refractivity contribution >= 4 is 0 Å². The van der Waals surface area contributed by atoms with E-state index >= 15 is 0 Å². The van der Waals surface area contributed by atoms with Crippen LogP contribution in [0.4, 0.5) is 0 Å². The highest BCUT2D eigenvalue weighted by atomic mass is 16.3. The summed E-state index contributed by atoms with van der Waals surface area (Å²) in [6, 6.07) is 4.40. The molecule has 0 bridgehead atoms. The van der Waals surface area contributed by atoms with Gasteiger partial charge in [-0.15, -0.1) is 0 Å². The van der Waals surface area contributed by atoms with E-state index in [1.54, 1.807) is 0 Å². The van der Waals surface area contributed by atoms with Crippen LogP contribution in [0.5, 0.6) is 0 Å². The van der Waals surface area contributed by atoms with Crippen molar-refractivity contribution in [2.45, 2.75) is 45.6 Å². The van der Waals surface area contributed by atoms with E-state index in [2.05, 4.69) is 32.9 Å². The number of aliphatic hydroxyl groups excluding tert-OH is 1. The number of hydrogen-bond acceptors (Lipinski definition) is 1. The van der Waals surface area contributed by atoms with E-state index in [0.717, 1.165) is 12.8 Å². The van der Waals surface area contributed by atoms with Crippen LogP contribution < -0.4 is 0 Å². The van der Waals surface area contributed by atoms with Crippen molar-refractivity contribution in [3.8, 4) is 0 Å². The first-order valence-electron chi connectivity index (χ1n) is 5.41. The lowest BCUT2D eigenvalue weighted by atomic mass is 9.92. The molecule has 0 spiro atoms. The average Bonchev–Trinajstić information content (AvgIpc) is 2.47. The van der Waals surface area contributed by atoms with Crippen molar-refractivity contribution in [1.82, 2.24) is 0 Å². The maximum atomic E-state index is 9.81. The predicted octanol–water partition coefficient (Wildman–Crippen LogP) is 3.10. The van der Waals surface area contributed by atoms with Crippen molar-refractivity contribution in [2.75, 3.05) is 0 Å². The van der Waals surface area contributed by atoms with Gasteiger partial charge in [0, 0.05) is 0 Å². The average molecular weight is 190 g/mol. The summed E-state index contributed by atoms with van der Waals surface area (Å²) in [5.74, 6) is 0.564. The molecule has 0 fully saturated rings. The Labute approximate surface area is 85.8 Å². The Morgan fingerprint density at radius 2 is 2.07 bits per heavy atom. The van der Waals surface area contributed by atoms with Gasteiger partial charge in [-0.25, -0.2) is 0 Å². The third-order valence-electron chi connectivity index (χ3n) is 3.11. The third-order valence-corrected chi connectivity index (χ3v) is 3.11. The minimum atomic E-state index is -0.220. The molecule has 0 saturated heterocycles. The van der Waals surface area contributed by atoms with E-state index in [1.165, 1.54) is 22.3 Å². The molecule has 1 nitrogen and oxygen atoms in total. The Morgan fingerprint density at radius 3 is 2.71 bits per heavy atom. The molecule has 0 amide bonds. The molecule has 1 unspecified atom stereocenters. The molecule has 1 N–H and O–H groups in total. The fourth-order valence-corrected chi connectivity index (χ4v) is 2.41. The highest BCUT2D eigenvalue weighted by Crippen LogP contribution is 2.36. The Bertz CT molecular complexity index is 352. The predicted molar refractivity (Wildman–Crippen MR) is 58.5 cm³/mol. The topological polar surface area (TPSA) is 20.2 Å². The molecular weight excluding hydrogens is 172 g/mol. The van der Waals surface area contributed by atoms with Crippen LogP contribution in [0.25, 0.3) is 0 Å². The number of benzene rings is 1. The molecular formula is C13H18O. The second kappa shape index (κ2) is 3.39. The van der Waals surface area contributed by atoms with Crippen LogP contribution in [-0.4, -0.2) is 5.11 Å². The van der Waals surface area contributed by atoms with Gasteiger partial charge in [0.1, 0.15) is 0 Å². The minimum absolute atomic E-state index is 0.220. The van der Waals surface area contributed by atoms with Crippen molar-refractivity contribution in [2.24, 2.45) is 0 Å². The summed E-state index contributed by atoms with van der Waals surface area (Å²) in [6.07, 6.45) is 1.73. The molecule has 0 aromatic heterocycles. The highest BCUT2D eigenvalue weighted by Gasteiger charge is 2.23. The van der Waals surface area contributed by atoms with Gasteiger partial charge in [0.25, 0.3) is 0 Å². The van der Waals surface area contributed by atoms with Gasteiger partial charge in [-0.1, -0.05) is 31.5 Å². The lowest BCUT2D eigenvalue weighted by molar-refractivity contribution is 0.180. The van der Waals surface area contributed by atoms with Crippen LogP contribution in [0.2, 0.25) is 0 Å². The molecule has 1 aliphatic rings. The fourth-order valence-electron chi connectivity index (χ4n) is 2.41. The smallest absolute Gasteiger partial charge is 0.0796 e. The van der Waals surface area contributed by atoms with E-state index in [4.69, 9.17) is 0 Å². The Balaban J connectivity index is 2.57. The molecule has 1 aliphatic carbocycles. The van der Waals surface area contributed by atoms with Gasteiger partial charge in [0.15, 0.2) is 0 Å². The molecule has 76 valence electrons. The van der Waals surface area contributed by atoms with Crippen LogP contribution in [0.1, 0.15) is 54.5 Å². The fraction of sp³-hybridized carbons (Fsp3) is 0.538. The second-order valence-corrected chi connectivity index (χ2v) is 4.63. The minimum Gasteiger partial charge on any atom is -0.388 e. The normalized spacial score (nSPS) is 20.2. The number of hydrogen-bond donors (Lipinski definition) is 1. The van der Waals surface area contributed by atoms with Crippen LogP contribution in [0, 0.1) is 6.92 Å². The summed E-state index contributed by atoms with van der Waals surface area (Å²) in [7, 11) is 0. The summed E-state index contributed by atoms with van der Waals surface area (Å²) in [5, 5.41) is 9.81. The first-order chi connectivity index (χ1) is 6.59. The van der Waals surface area contributed by atoms with Crippen LogP contribution >= 0.6 is 0 Å². The van der Waals surface area contributed by atoms with E-state index in [1.807, 2.05) is 0 Å². The number of aryl methyl sites for hydroxylation is 1. The maximum absolute atomic E-state index is 9.81. The zero-order chi connectivity index (χ0) is 10.3. The molecule has 1 aromatic carbocycles. The molecule has 0 heterocycles.